The molecule has 0 rings (SSSR count). The molecular formula is C7H15InO3. The third-order valence-corrected chi connectivity index (χ3v) is 0.760. The first-order valence-electron chi connectivity index (χ1n) is 3.21. The van der Waals surface area contributed by atoms with Gasteiger partial charge in [-0.25, -0.2) is 0 Å². The summed E-state index contributed by atoms with van der Waals surface area (Å²) in [5.41, 5.74) is 0. The summed E-state index contributed by atoms with van der Waals surface area (Å²) in [6, 6.07) is 0. The van der Waals surface area contributed by atoms with Crippen LogP contribution in [0.4, 0.5) is 0 Å². The summed E-state index contributed by atoms with van der Waals surface area (Å²) in [7, 11) is 0. The molecule has 11 heavy (non-hydrogen) atoms. The molecule has 0 aliphatic carbocycles. The Bertz CT molecular complexity index is 143. The minimum absolute atomic E-state index is 0. The Balaban J connectivity index is 0. The van der Waals surface area contributed by atoms with Crippen LogP contribution in [-0.4, -0.2) is 43.7 Å². The number of carbonyl (C=O) groups excluding carboxylic acids is 2. The first kappa shape index (κ1) is 13.6. The van der Waals surface area contributed by atoms with Gasteiger partial charge in [0.1, 0.15) is 12.2 Å². The molecule has 0 spiro atoms. The number of carbonyl (C=O) groups is 2. The Hall–Kier alpha value is 0.0101. The van der Waals surface area contributed by atoms with E-state index >= 15 is 0 Å². The third-order valence-electron chi connectivity index (χ3n) is 0.760. The number of ketones is 1. The molecule has 0 atom stereocenters. The predicted molar refractivity (Wildman–Crippen MR) is 46.5 cm³/mol. The standard InChI is InChI=1S/C7H12O3.In.3H/c1-5(2)10-7(9)4-6(3)8;;;;/h5H,4H2,1-3H3;;;;. The zero-order valence-electron chi connectivity index (χ0n) is 6.51. The predicted octanol–water partition coefficient (Wildman–Crippen LogP) is -0.267. The van der Waals surface area contributed by atoms with Crippen molar-refractivity contribution in [3.63, 3.8) is 0 Å². The van der Waals surface area contributed by atoms with Gasteiger partial charge in [-0.2, -0.15) is 0 Å². The third kappa shape index (κ3) is 10.0. The van der Waals surface area contributed by atoms with Crippen molar-refractivity contribution in [3.05, 3.63) is 0 Å². The Morgan fingerprint density at radius 2 is 1.82 bits per heavy atom. The normalized spacial score (nSPS) is 8.73. The molecule has 3 nitrogen and oxygen atoms in total. The van der Waals surface area contributed by atoms with Gasteiger partial charge < -0.3 is 4.74 Å². The van der Waals surface area contributed by atoms with Gasteiger partial charge in [-0.1, -0.05) is 0 Å². The fraction of sp³-hybridized carbons (Fsp3) is 0.714. The van der Waals surface area contributed by atoms with E-state index in [1.807, 2.05) is 0 Å². The Morgan fingerprint density at radius 3 is 2.09 bits per heavy atom. The van der Waals surface area contributed by atoms with Crippen molar-refractivity contribution in [2.45, 2.75) is 33.3 Å². The van der Waals surface area contributed by atoms with E-state index in [1.165, 1.54) is 6.92 Å². The molecule has 0 saturated heterocycles. The number of hydrogen-bond acceptors (Lipinski definition) is 3. The fourth-order valence-electron chi connectivity index (χ4n) is 0.508. The second-order valence-corrected chi connectivity index (χ2v) is 2.42. The van der Waals surface area contributed by atoms with Gasteiger partial charge in [-0.15, -0.1) is 0 Å². The van der Waals surface area contributed by atoms with Crippen LogP contribution < -0.4 is 0 Å². The van der Waals surface area contributed by atoms with Crippen molar-refractivity contribution >= 4 is 37.6 Å². The SMILES string of the molecule is CC(=O)CC(=O)OC(C)C.[InH3]. The molecule has 0 aliphatic heterocycles. The molecule has 0 aromatic carbocycles. The molecule has 4 heteroatoms. The molecule has 0 saturated carbocycles. The average Bonchev–Trinajstić information content (AvgIpc) is 1.58. The second kappa shape index (κ2) is 6.70. The van der Waals surface area contributed by atoms with Crippen LogP contribution in [0, 0.1) is 0 Å². The topological polar surface area (TPSA) is 43.4 Å². The van der Waals surface area contributed by atoms with Gasteiger partial charge in [-0.05, 0) is 20.8 Å². The molecule has 0 unspecified atom stereocenters. The Morgan fingerprint density at radius 1 is 1.36 bits per heavy atom. The summed E-state index contributed by atoms with van der Waals surface area (Å²) in [5.74, 6) is -0.604. The Kier molecular flexibility index (Phi) is 8.28. The summed E-state index contributed by atoms with van der Waals surface area (Å²) in [6.45, 7) is 4.86. The number of ether oxygens (including phenoxy) is 1. The maximum atomic E-state index is 10.6. The van der Waals surface area contributed by atoms with Gasteiger partial charge in [0.15, 0.2) is 0 Å². The maximum absolute atomic E-state index is 10.6. The van der Waals surface area contributed by atoms with E-state index in [1.54, 1.807) is 13.8 Å². The van der Waals surface area contributed by atoms with E-state index in [9.17, 15) is 9.59 Å². The van der Waals surface area contributed by atoms with Crippen LogP contribution in [0.25, 0.3) is 0 Å². The van der Waals surface area contributed by atoms with Gasteiger partial charge in [0.25, 0.3) is 0 Å². The van der Waals surface area contributed by atoms with E-state index in [0.717, 1.165) is 0 Å². The van der Waals surface area contributed by atoms with Crippen molar-refractivity contribution in [1.82, 2.24) is 0 Å². The van der Waals surface area contributed by atoms with Gasteiger partial charge in [0.05, 0.1) is 6.10 Å². The molecular weight excluding hydrogens is 247 g/mol. The van der Waals surface area contributed by atoms with Crippen LogP contribution >= 0.6 is 0 Å². The number of esters is 1. The second-order valence-electron chi connectivity index (χ2n) is 2.42. The molecule has 0 heterocycles. The van der Waals surface area contributed by atoms with Crippen molar-refractivity contribution < 1.29 is 14.3 Å². The molecule has 0 aliphatic rings. The van der Waals surface area contributed by atoms with Crippen LogP contribution in [0.1, 0.15) is 27.2 Å². The molecule has 0 amide bonds. The zero-order valence-corrected chi connectivity index (χ0v) is 6.51. The summed E-state index contributed by atoms with van der Waals surface area (Å²) in [5, 5.41) is 0. The van der Waals surface area contributed by atoms with Gasteiger partial charge in [-0.3, -0.25) is 9.59 Å². The first-order valence-corrected chi connectivity index (χ1v) is 3.21. The van der Waals surface area contributed by atoms with Gasteiger partial charge in [0.2, 0.25) is 0 Å². The molecule has 0 bridgehead atoms. The summed E-state index contributed by atoms with van der Waals surface area (Å²) >= 11 is 0. The van der Waals surface area contributed by atoms with Crippen molar-refractivity contribution in [2.75, 3.05) is 0 Å². The van der Waals surface area contributed by atoms with Crippen LogP contribution in [-0.2, 0) is 14.3 Å². The van der Waals surface area contributed by atoms with Crippen LogP contribution in [0.5, 0.6) is 0 Å². The fourth-order valence-corrected chi connectivity index (χ4v) is 0.508. The molecule has 0 fully saturated rings. The number of hydrogen-bond donors (Lipinski definition) is 0. The molecule has 0 aromatic heterocycles. The quantitative estimate of drug-likeness (QED) is 0.519. The van der Waals surface area contributed by atoms with E-state index in [-0.39, 0.29) is 44.2 Å². The number of Topliss-reactive ketones (excluding diaryl/α,β-unsaturated/α-hetero) is 1. The van der Waals surface area contributed by atoms with Crippen LogP contribution in [0.2, 0.25) is 0 Å². The van der Waals surface area contributed by atoms with E-state index in [2.05, 4.69) is 0 Å². The van der Waals surface area contributed by atoms with E-state index < -0.39 is 5.97 Å². The summed E-state index contributed by atoms with van der Waals surface area (Å²) in [4.78, 5) is 21.0. The van der Waals surface area contributed by atoms with Crippen molar-refractivity contribution in [2.24, 2.45) is 0 Å². The number of rotatable bonds is 3. The molecule has 0 aromatic rings. The van der Waals surface area contributed by atoms with Crippen molar-refractivity contribution in [1.29, 1.82) is 0 Å². The van der Waals surface area contributed by atoms with Crippen LogP contribution in [0.3, 0.4) is 0 Å². The molecule has 64 valence electrons. The van der Waals surface area contributed by atoms with Gasteiger partial charge >= 0.3 is 31.8 Å². The zero-order chi connectivity index (χ0) is 8.15. The van der Waals surface area contributed by atoms with Gasteiger partial charge in [0, 0.05) is 0 Å². The summed E-state index contributed by atoms with van der Waals surface area (Å²) in [6.07, 6.45) is -0.245. The van der Waals surface area contributed by atoms with Crippen LogP contribution in [0.15, 0.2) is 0 Å². The first-order chi connectivity index (χ1) is 4.52. The van der Waals surface area contributed by atoms with E-state index in [0.29, 0.717) is 0 Å². The minimum atomic E-state index is -0.442. The molecule has 0 N–H and O–H groups in total. The summed E-state index contributed by atoms with van der Waals surface area (Å²) < 4.78 is 4.70. The molecule has 0 radical (unpaired) electrons. The Labute approximate surface area is 85.3 Å². The average molecular weight is 262 g/mol. The van der Waals surface area contributed by atoms with E-state index in [4.69, 9.17) is 4.74 Å². The van der Waals surface area contributed by atoms with Crippen molar-refractivity contribution in [3.8, 4) is 0 Å². The monoisotopic (exact) mass is 262 g/mol.